The number of carbonyl (C=O) groups is 2. The first-order valence-corrected chi connectivity index (χ1v) is 13.6. The topological polar surface area (TPSA) is 89.9 Å². The van der Waals surface area contributed by atoms with E-state index < -0.39 is 24.2 Å². The Hall–Kier alpha value is -3.48. The number of β-amino-alcohol motifs (C(OH)–C–C–N with tert-alkyl or cyclic N) is 1. The zero-order valence-corrected chi connectivity index (χ0v) is 21.6. The summed E-state index contributed by atoms with van der Waals surface area (Å²) in [5.74, 6) is -0.639. The normalized spacial score (nSPS) is 22.2. The van der Waals surface area contributed by atoms with E-state index in [1.807, 2.05) is 72.8 Å². The van der Waals surface area contributed by atoms with E-state index in [1.54, 1.807) is 4.90 Å². The Morgan fingerprint density at radius 2 is 1.61 bits per heavy atom. The summed E-state index contributed by atoms with van der Waals surface area (Å²) in [6, 6.07) is 27.2. The standard InChI is InChI=1S/C32H36N2O4/c35-27(21-34-26(15-16-30(34)37)18-23-11-5-2-6-12-23)19-25(17-22-9-3-1-4-10-22)32(38)33-31-28-14-8-7-13-24(28)20-29(31)36/h1-14,25-27,29,31,35-36H,15-21H2,(H,33,38)/t25?,26-,27?,29-,31+/m1/s1. The van der Waals surface area contributed by atoms with E-state index in [4.69, 9.17) is 0 Å². The first-order valence-electron chi connectivity index (χ1n) is 13.6. The van der Waals surface area contributed by atoms with Crippen LogP contribution in [-0.2, 0) is 28.9 Å². The lowest BCUT2D eigenvalue weighted by molar-refractivity contribution is -0.131. The van der Waals surface area contributed by atoms with Gasteiger partial charge in [0.25, 0.3) is 0 Å². The predicted octanol–water partition coefficient (Wildman–Crippen LogP) is 3.60. The molecule has 0 radical (unpaired) electrons. The van der Waals surface area contributed by atoms with E-state index in [1.165, 1.54) is 5.56 Å². The molecule has 2 amide bonds. The van der Waals surface area contributed by atoms with Gasteiger partial charge in [0.05, 0.1) is 18.2 Å². The SMILES string of the molecule is O=C(N[C@H]1c2ccccc2C[C@H]1O)C(Cc1ccccc1)CC(O)CN1C(=O)CC[C@@H]1Cc1ccccc1. The second-order valence-electron chi connectivity index (χ2n) is 10.7. The maximum atomic E-state index is 13.6. The molecule has 2 aliphatic rings. The number of nitrogens with one attached hydrogen (secondary N) is 1. The molecule has 1 fully saturated rings. The molecule has 6 heteroatoms. The first kappa shape index (κ1) is 26.1. The highest BCUT2D eigenvalue weighted by molar-refractivity contribution is 5.80. The van der Waals surface area contributed by atoms with Gasteiger partial charge in [0.1, 0.15) is 0 Å². The van der Waals surface area contributed by atoms with Crippen molar-refractivity contribution in [3.63, 3.8) is 0 Å². The molecule has 0 spiro atoms. The summed E-state index contributed by atoms with van der Waals surface area (Å²) in [6.45, 7) is 0.212. The molecule has 1 aliphatic carbocycles. The van der Waals surface area contributed by atoms with Crippen LogP contribution in [0.4, 0.5) is 0 Å². The van der Waals surface area contributed by atoms with Crippen molar-refractivity contribution in [1.82, 2.24) is 10.2 Å². The number of rotatable bonds is 10. The summed E-state index contributed by atoms with van der Waals surface area (Å²) in [4.78, 5) is 28.1. The molecule has 3 aromatic rings. The van der Waals surface area contributed by atoms with Gasteiger partial charge in [0, 0.05) is 31.3 Å². The second kappa shape index (κ2) is 11.9. The molecule has 1 heterocycles. The number of carbonyl (C=O) groups excluding carboxylic acids is 2. The van der Waals surface area contributed by atoms with Crippen molar-refractivity contribution < 1.29 is 19.8 Å². The van der Waals surface area contributed by atoms with Crippen LogP contribution in [0.1, 0.15) is 47.6 Å². The first-order chi connectivity index (χ1) is 18.5. The number of benzene rings is 3. The van der Waals surface area contributed by atoms with Crippen LogP contribution in [0.3, 0.4) is 0 Å². The van der Waals surface area contributed by atoms with E-state index in [0.717, 1.165) is 29.5 Å². The largest absolute Gasteiger partial charge is 0.391 e. The van der Waals surface area contributed by atoms with Crippen LogP contribution in [0.15, 0.2) is 84.9 Å². The van der Waals surface area contributed by atoms with Gasteiger partial charge in [-0.15, -0.1) is 0 Å². The van der Waals surface area contributed by atoms with Crippen molar-refractivity contribution >= 4 is 11.8 Å². The Bertz CT molecular complexity index is 1230. The van der Waals surface area contributed by atoms with Crippen LogP contribution in [0, 0.1) is 5.92 Å². The minimum absolute atomic E-state index is 0.0473. The van der Waals surface area contributed by atoms with Gasteiger partial charge in [0.15, 0.2) is 0 Å². The summed E-state index contributed by atoms with van der Waals surface area (Å²) in [7, 11) is 0. The fourth-order valence-electron chi connectivity index (χ4n) is 5.97. The lowest BCUT2D eigenvalue weighted by Crippen LogP contribution is -2.43. The third-order valence-electron chi connectivity index (χ3n) is 7.93. The van der Waals surface area contributed by atoms with Gasteiger partial charge in [-0.1, -0.05) is 84.9 Å². The summed E-state index contributed by atoms with van der Waals surface area (Å²) < 4.78 is 0. The molecular formula is C32H36N2O4. The van der Waals surface area contributed by atoms with Crippen LogP contribution in [0.5, 0.6) is 0 Å². The zero-order valence-electron chi connectivity index (χ0n) is 21.6. The molecule has 0 bridgehead atoms. The van der Waals surface area contributed by atoms with Crippen LogP contribution < -0.4 is 5.32 Å². The van der Waals surface area contributed by atoms with Gasteiger partial charge in [-0.25, -0.2) is 0 Å². The number of hydrogen-bond acceptors (Lipinski definition) is 4. The Labute approximate surface area is 224 Å². The molecule has 5 rings (SSSR count). The number of hydrogen-bond donors (Lipinski definition) is 3. The Kier molecular flexibility index (Phi) is 8.20. The molecule has 1 aliphatic heterocycles. The number of aliphatic hydroxyl groups excluding tert-OH is 2. The fourth-order valence-corrected chi connectivity index (χ4v) is 5.97. The van der Waals surface area contributed by atoms with Crippen LogP contribution in [0.25, 0.3) is 0 Å². The monoisotopic (exact) mass is 512 g/mol. The van der Waals surface area contributed by atoms with E-state index in [2.05, 4.69) is 17.4 Å². The minimum Gasteiger partial charge on any atom is -0.391 e. The average Bonchev–Trinajstić information content (AvgIpc) is 3.43. The van der Waals surface area contributed by atoms with Crippen molar-refractivity contribution in [3.05, 3.63) is 107 Å². The molecule has 3 N–H and O–H groups in total. The molecule has 0 aromatic heterocycles. The Morgan fingerprint density at radius 1 is 0.947 bits per heavy atom. The summed E-state index contributed by atoms with van der Waals surface area (Å²) >= 11 is 0. The van der Waals surface area contributed by atoms with Gasteiger partial charge < -0.3 is 20.4 Å². The Morgan fingerprint density at radius 3 is 2.34 bits per heavy atom. The summed E-state index contributed by atoms with van der Waals surface area (Å²) in [5, 5.41) is 24.9. The van der Waals surface area contributed by atoms with Crippen molar-refractivity contribution in [3.8, 4) is 0 Å². The molecule has 0 saturated carbocycles. The van der Waals surface area contributed by atoms with Crippen LogP contribution in [-0.4, -0.2) is 51.7 Å². The van der Waals surface area contributed by atoms with Gasteiger partial charge in [-0.2, -0.15) is 0 Å². The smallest absolute Gasteiger partial charge is 0.224 e. The summed E-state index contributed by atoms with van der Waals surface area (Å²) in [6.07, 6.45) is 1.70. The van der Waals surface area contributed by atoms with Crippen LogP contribution >= 0.6 is 0 Å². The highest BCUT2D eigenvalue weighted by atomic mass is 16.3. The van der Waals surface area contributed by atoms with Gasteiger partial charge in [0.2, 0.25) is 11.8 Å². The molecule has 5 atom stereocenters. The van der Waals surface area contributed by atoms with Gasteiger partial charge in [-0.05, 0) is 47.9 Å². The molecule has 38 heavy (non-hydrogen) atoms. The molecule has 3 aromatic carbocycles. The maximum Gasteiger partial charge on any atom is 0.224 e. The van der Waals surface area contributed by atoms with Crippen molar-refractivity contribution in [1.29, 1.82) is 0 Å². The van der Waals surface area contributed by atoms with Crippen molar-refractivity contribution in [2.45, 2.75) is 62.8 Å². The molecule has 198 valence electrons. The third kappa shape index (κ3) is 6.14. The van der Waals surface area contributed by atoms with Crippen LogP contribution in [0.2, 0.25) is 0 Å². The van der Waals surface area contributed by atoms with E-state index in [9.17, 15) is 19.8 Å². The summed E-state index contributed by atoms with van der Waals surface area (Å²) in [5.41, 5.74) is 4.16. The van der Waals surface area contributed by atoms with E-state index in [0.29, 0.717) is 19.3 Å². The number of aliphatic hydroxyl groups is 2. The number of likely N-dealkylation sites (tertiary alicyclic amines) is 1. The zero-order chi connectivity index (χ0) is 26.5. The molecule has 1 saturated heterocycles. The number of fused-ring (bicyclic) bond motifs is 1. The second-order valence-corrected chi connectivity index (χ2v) is 10.7. The highest BCUT2D eigenvalue weighted by Gasteiger charge is 2.36. The van der Waals surface area contributed by atoms with Gasteiger partial charge >= 0.3 is 0 Å². The van der Waals surface area contributed by atoms with Crippen molar-refractivity contribution in [2.24, 2.45) is 5.92 Å². The fraction of sp³-hybridized carbons (Fsp3) is 0.375. The minimum atomic E-state index is -0.837. The highest BCUT2D eigenvalue weighted by Crippen LogP contribution is 2.32. The number of nitrogens with zero attached hydrogens (tertiary/aromatic N) is 1. The molecular weight excluding hydrogens is 476 g/mol. The van der Waals surface area contributed by atoms with Gasteiger partial charge in [-0.3, -0.25) is 9.59 Å². The van der Waals surface area contributed by atoms with E-state index >= 15 is 0 Å². The Balaban J connectivity index is 1.28. The quantitative estimate of drug-likeness (QED) is 0.387. The van der Waals surface area contributed by atoms with E-state index in [-0.39, 0.29) is 30.8 Å². The lowest BCUT2D eigenvalue weighted by Gasteiger charge is -2.29. The maximum absolute atomic E-state index is 13.6. The molecule has 6 nitrogen and oxygen atoms in total. The average molecular weight is 513 g/mol. The predicted molar refractivity (Wildman–Crippen MR) is 146 cm³/mol. The van der Waals surface area contributed by atoms with Crippen molar-refractivity contribution in [2.75, 3.05) is 6.54 Å². The molecule has 2 unspecified atom stereocenters. The lowest BCUT2D eigenvalue weighted by atomic mass is 9.91. The number of amides is 2. The third-order valence-corrected chi connectivity index (χ3v) is 7.93.